The molecule has 0 fully saturated rings. The number of nitrogens with zero attached hydrogens (tertiary/aromatic N) is 2. The van der Waals surface area contributed by atoms with Gasteiger partial charge in [0, 0.05) is 10.2 Å². The van der Waals surface area contributed by atoms with Crippen molar-refractivity contribution in [2.75, 3.05) is 4.90 Å². The zero-order valence-corrected chi connectivity index (χ0v) is 12.1. The van der Waals surface area contributed by atoms with Gasteiger partial charge in [-0.05, 0) is 36.8 Å². The Kier molecular flexibility index (Phi) is 3.25. The van der Waals surface area contributed by atoms with Crippen molar-refractivity contribution in [3.63, 3.8) is 0 Å². The number of nitrogens with one attached hydrogen (secondary N) is 1. The van der Waals surface area contributed by atoms with Crippen LogP contribution in [0.2, 0.25) is 0 Å². The first-order valence-corrected chi connectivity index (χ1v) is 6.94. The van der Waals surface area contributed by atoms with Gasteiger partial charge in [0.1, 0.15) is 12.0 Å². The lowest BCUT2D eigenvalue weighted by Crippen LogP contribution is -2.32. The minimum atomic E-state index is 0.0514. The Morgan fingerprint density at radius 1 is 1.05 bits per heavy atom. The largest absolute Gasteiger partial charge is 0.302 e. The van der Waals surface area contributed by atoms with Crippen LogP contribution >= 0.6 is 15.9 Å². The summed E-state index contributed by atoms with van der Waals surface area (Å²) in [6.07, 6.45) is 0.0514. The van der Waals surface area contributed by atoms with Crippen molar-refractivity contribution in [1.29, 1.82) is 0 Å². The maximum Gasteiger partial charge on any atom is 0.147 e. The number of anilines is 1. The molecule has 1 aliphatic heterocycles. The number of hydrogen-bond donors (Lipinski definition) is 1. The average Bonchev–Trinajstić information content (AvgIpc) is 2.82. The average molecular weight is 316 g/mol. The molecule has 0 amide bonds. The Balaban J connectivity index is 1.96. The van der Waals surface area contributed by atoms with Crippen molar-refractivity contribution in [3.8, 4) is 0 Å². The lowest BCUT2D eigenvalue weighted by molar-refractivity contribution is 0.617. The van der Waals surface area contributed by atoms with E-state index < -0.39 is 0 Å². The van der Waals surface area contributed by atoms with Gasteiger partial charge in [0.05, 0.1) is 0 Å². The van der Waals surface area contributed by atoms with Crippen LogP contribution in [-0.4, -0.2) is 5.84 Å². The molecule has 0 aromatic heterocycles. The van der Waals surface area contributed by atoms with Crippen LogP contribution in [0.3, 0.4) is 0 Å². The SMILES string of the molecule is CC1=NNC(c2ccc(Br)cc2)N1c1ccccc1. The molecule has 0 radical (unpaired) electrons. The predicted octanol–water partition coefficient (Wildman–Crippen LogP) is 3.89. The molecule has 96 valence electrons. The maximum atomic E-state index is 4.36. The van der Waals surface area contributed by atoms with Gasteiger partial charge >= 0.3 is 0 Å². The van der Waals surface area contributed by atoms with Crippen molar-refractivity contribution >= 4 is 27.5 Å². The van der Waals surface area contributed by atoms with Crippen LogP contribution in [0.25, 0.3) is 0 Å². The highest BCUT2D eigenvalue weighted by Gasteiger charge is 2.27. The van der Waals surface area contributed by atoms with E-state index in [4.69, 9.17) is 0 Å². The van der Waals surface area contributed by atoms with E-state index in [0.717, 1.165) is 16.0 Å². The normalized spacial score (nSPS) is 18.1. The number of rotatable bonds is 2. The molecule has 0 saturated heterocycles. The summed E-state index contributed by atoms with van der Waals surface area (Å²) in [7, 11) is 0. The fourth-order valence-electron chi connectivity index (χ4n) is 2.25. The molecule has 1 unspecified atom stereocenters. The van der Waals surface area contributed by atoms with Gasteiger partial charge in [-0.3, -0.25) is 5.43 Å². The van der Waals surface area contributed by atoms with Crippen molar-refractivity contribution in [2.45, 2.75) is 13.1 Å². The number of hydrogen-bond acceptors (Lipinski definition) is 3. The van der Waals surface area contributed by atoms with Gasteiger partial charge in [-0.1, -0.05) is 46.3 Å². The van der Waals surface area contributed by atoms with Crippen LogP contribution in [0.5, 0.6) is 0 Å². The minimum Gasteiger partial charge on any atom is -0.302 e. The van der Waals surface area contributed by atoms with Crippen molar-refractivity contribution in [1.82, 2.24) is 5.43 Å². The van der Waals surface area contributed by atoms with Gasteiger partial charge in [-0.25, -0.2) is 0 Å². The summed E-state index contributed by atoms with van der Waals surface area (Å²) in [5.74, 6) is 0.971. The number of para-hydroxylation sites is 1. The summed E-state index contributed by atoms with van der Waals surface area (Å²) in [6.45, 7) is 2.01. The molecule has 1 aliphatic rings. The van der Waals surface area contributed by atoms with Gasteiger partial charge in [0.2, 0.25) is 0 Å². The molecule has 19 heavy (non-hydrogen) atoms. The monoisotopic (exact) mass is 315 g/mol. The summed E-state index contributed by atoms with van der Waals surface area (Å²) < 4.78 is 1.08. The van der Waals surface area contributed by atoms with E-state index in [1.54, 1.807) is 0 Å². The topological polar surface area (TPSA) is 27.6 Å². The van der Waals surface area contributed by atoms with Gasteiger partial charge < -0.3 is 4.90 Å². The fraction of sp³-hybridized carbons (Fsp3) is 0.133. The van der Waals surface area contributed by atoms with E-state index in [9.17, 15) is 0 Å². The molecule has 1 atom stereocenters. The maximum absolute atomic E-state index is 4.36. The van der Waals surface area contributed by atoms with Crippen LogP contribution in [-0.2, 0) is 0 Å². The standard InChI is InChI=1S/C15H14BrN3/c1-11-17-18-15(12-7-9-13(16)10-8-12)19(11)14-5-3-2-4-6-14/h2-10,15,18H,1H3. The third-order valence-electron chi connectivity index (χ3n) is 3.18. The molecule has 0 saturated carbocycles. The Bertz CT molecular complexity index is 593. The van der Waals surface area contributed by atoms with E-state index in [-0.39, 0.29) is 6.17 Å². The van der Waals surface area contributed by atoms with Crippen LogP contribution in [0.1, 0.15) is 18.7 Å². The molecule has 2 aromatic carbocycles. The lowest BCUT2D eigenvalue weighted by Gasteiger charge is -2.26. The molecule has 3 nitrogen and oxygen atoms in total. The first kappa shape index (κ1) is 12.2. The zero-order valence-electron chi connectivity index (χ0n) is 10.5. The van der Waals surface area contributed by atoms with Crippen LogP contribution in [0, 0.1) is 0 Å². The summed E-state index contributed by atoms with van der Waals surface area (Å²) in [6, 6.07) is 18.6. The second kappa shape index (κ2) is 5.05. The van der Waals surface area contributed by atoms with Gasteiger partial charge in [0.25, 0.3) is 0 Å². The Labute approximate surface area is 121 Å². The number of halogens is 1. The highest BCUT2D eigenvalue weighted by atomic mass is 79.9. The van der Waals surface area contributed by atoms with Gasteiger partial charge in [0.15, 0.2) is 0 Å². The van der Waals surface area contributed by atoms with Crippen LogP contribution < -0.4 is 10.3 Å². The molecular weight excluding hydrogens is 302 g/mol. The molecule has 3 rings (SSSR count). The van der Waals surface area contributed by atoms with Crippen LogP contribution in [0.4, 0.5) is 5.69 Å². The second-order valence-electron chi connectivity index (χ2n) is 4.45. The minimum absolute atomic E-state index is 0.0514. The van der Waals surface area contributed by atoms with E-state index in [1.165, 1.54) is 5.56 Å². The van der Waals surface area contributed by atoms with E-state index in [0.29, 0.717) is 0 Å². The van der Waals surface area contributed by atoms with Gasteiger partial charge in [-0.2, -0.15) is 5.10 Å². The molecule has 1 heterocycles. The molecule has 1 N–H and O–H groups in total. The zero-order chi connectivity index (χ0) is 13.2. The summed E-state index contributed by atoms with van der Waals surface area (Å²) in [5.41, 5.74) is 5.52. The molecule has 2 aromatic rings. The molecule has 4 heteroatoms. The van der Waals surface area contributed by atoms with Crippen molar-refractivity contribution in [2.24, 2.45) is 5.10 Å². The van der Waals surface area contributed by atoms with E-state index in [1.807, 2.05) is 37.3 Å². The van der Waals surface area contributed by atoms with Crippen LogP contribution in [0.15, 0.2) is 64.2 Å². The summed E-state index contributed by atoms with van der Waals surface area (Å²) >= 11 is 3.46. The Morgan fingerprint density at radius 2 is 1.74 bits per heavy atom. The highest BCUT2D eigenvalue weighted by Crippen LogP contribution is 2.29. The third kappa shape index (κ3) is 2.36. The Morgan fingerprint density at radius 3 is 2.42 bits per heavy atom. The molecule has 0 aliphatic carbocycles. The van der Waals surface area contributed by atoms with E-state index >= 15 is 0 Å². The molecule has 0 bridgehead atoms. The number of amidine groups is 1. The van der Waals surface area contributed by atoms with Gasteiger partial charge in [-0.15, -0.1) is 0 Å². The van der Waals surface area contributed by atoms with Crippen molar-refractivity contribution < 1.29 is 0 Å². The number of hydrazone groups is 1. The quantitative estimate of drug-likeness (QED) is 0.910. The number of benzene rings is 2. The first-order chi connectivity index (χ1) is 9.25. The van der Waals surface area contributed by atoms with Crippen molar-refractivity contribution in [3.05, 3.63) is 64.6 Å². The third-order valence-corrected chi connectivity index (χ3v) is 3.70. The summed E-state index contributed by atoms with van der Waals surface area (Å²) in [4.78, 5) is 2.20. The first-order valence-electron chi connectivity index (χ1n) is 6.15. The Hall–Kier alpha value is -1.81. The smallest absolute Gasteiger partial charge is 0.147 e. The molecular formula is C15H14BrN3. The second-order valence-corrected chi connectivity index (χ2v) is 5.36. The molecule has 0 spiro atoms. The highest BCUT2D eigenvalue weighted by molar-refractivity contribution is 9.10. The predicted molar refractivity (Wildman–Crippen MR) is 82.0 cm³/mol. The fourth-order valence-corrected chi connectivity index (χ4v) is 2.51. The lowest BCUT2D eigenvalue weighted by atomic mass is 10.1. The van der Waals surface area contributed by atoms with E-state index in [2.05, 4.69) is 55.6 Å². The summed E-state index contributed by atoms with van der Waals surface area (Å²) in [5, 5.41) is 4.36.